The van der Waals surface area contributed by atoms with Gasteiger partial charge in [0.25, 0.3) is 0 Å². The van der Waals surface area contributed by atoms with Gasteiger partial charge in [-0.3, -0.25) is 4.79 Å². The van der Waals surface area contributed by atoms with Crippen LogP contribution in [-0.2, 0) is 24.4 Å². The van der Waals surface area contributed by atoms with Crippen LogP contribution in [0.4, 0.5) is 0 Å². The van der Waals surface area contributed by atoms with Crippen LogP contribution >= 0.6 is 23.2 Å². The summed E-state index contributed by atoms with van der Waals surface area (Å²) in [6.07, 6.45) is 7.53. The van der Waals surface area contributed by atoms with Gasteiger partial charge in [-0.1, -0.05) is 66.7 Å². The zero-order chi connectivity index (χ0) is 33.3. The number of rotatable bonds is 12. The lowest BCUT2D eigenvalue weighted by Gasteiger charge is -2.29. The number of halogens is 2. The largest absolute Gasteiger partial charge is 0.489 e. The van der Waals surface area contributed by atoms with Crippen LogP contribution in [0.2, 0.25) is 10.0 Å². The lowest BCUT2D eigenvalue weighted by atomic mass is 9.80. The standard InChI is InChI=1S/C38H39Cl2N3O4/c1-3-5-20-43-23-35(32-19-16-30(39)22-33(32)40)41-36(43)34(42-37(44)28-12-6-25(4-2)7-13-28)21-26-10-17-31(18-11-26)47-24-27-8-14-29(15-9-27)38(45)46/h8-11,14-19,22-23,25,28,34H,4,6-7,12-13,20-21,24H2,1-2H3,(H,42,44)(H,45,46)/t25-,28-,34-/m0/s1. The SMILES string of the molecule is CC#CCn1cc(-c2ccc(Cl)cc2Cl)nc1[C@H](Cc1ccc(OCc2ccc(C(=O)O)cc2)cc1)NC(=O)[C@H]1CC[C@H](CC)CC1. The number of carbonyl (C=O) groups excluding carboxylic acids is 1. The second-order valence-corrected chi connectivity index (χ2v) is 12.8. The van der Waals surface area contributed by atoms with Crippen molar-refractivity contribution in [3.8, 4) is 28.8 Å². The Hall–Kier alpha value is -4.25. The Kier molecular flexibility index (Phi) is 11.6. The molecule has 1 amide bonds. The lowest BCUT2D eigenvalue weighted by molar-refractivity contribution is -0.127. The molecule has 1 fully saturated rings. The molecule has 5 rings (SSSR count). The fourth-order valence-electron chi connectivity index (χ4n) is 6.02. The molecule has 1 aliphatic carbocycles. The number of carboxylic acid groups (broad SMARTS) is 1. The van der Waals surface area contributed by atoms with Crippen LogP contribution < -0.4 is 10.1 Å². The summed E-state index contributed by atoms with van der Waals surface area (Å²) in [7, 11) is 0. The predicted octanol–water partition coefficient (Wildman–Crippen LogP) is 8.77. The highest BCUT2D eigenvalue weighted by Crippen LogP contribution is 2.34. The van der Waals surface area contributed by atoms with Crippen molar-refractivity contribution in [3.05, 3.63) is 105 Å². The molecule has 1 aromatic heterocycles. The van der Waals surface area contributed by atoms with Crippen molar-refractivity contribution >= 4 is 35.1 Å². The number of aromatic carboxylic acids is 1. The maximum absolute atomic E-state index is 13.7. The molecule has 7 nitrogen and oxygen atoms in total. The highest BCUT2D eigenvalue weighted by molar-refractivity contribution is 6.36. The molecule has 1 aliphatic rings. The Bertz CT molecular complexity index is 1750. The summed E-state index contributed by atoms with van der Waals surface area (Å²) in [5, 5.41) is 13.5. The van der Waals surface area contributed by atoms with E-state index in [4.69, 9.17) is 38.0 Å². The topological polar surface area (TPSA) is 93.5 Å². The van der Waals surface area contributed by atoms with Crippen molar-refractivity contribution in [1.29, 1.82) is 0 Å². The first-order valence-electron chi connectivity index (χ1n) is 16.0. The van der Waals surface area contributed by atoms with E-state index in [1.807, 2.05) is 41.1 Å². The van der Waals surface area contributed by atoms with Gasteiger partial charge in [-0.05, 0) is 98.5 Å². The van der Waals surface area contributed by atoms with Gasteiger partial charge < -0.3 is 19.7 Å². The highest BCUT2D eigenvalue weighted by Gasteiger charge is 2.29. The summed E-state index contributed by atoms with van der Waals surface area (Å²) in [4.78, 5) is 29.9. The van der Waals surface area contributed by atoms with E-state index in [0.29, 0.717) is 52.8 Å². The highest BCUT2D eigenvalue weighted by atomic mass is 35.5. The number of carboxylic acids is 1. The smallest absolute Gasteiger partial charge is 0.335 e. The summed E-state index contributed by atoms with van der Waals surface area (Å²) >= 11 is 12.8. The lowest BCUT2D eigenvalue weighted by Crippen LogP contribution is -2.37. The Balaban J connectivity index is 1.39. The first-order valence-corrected chi connectivity index (χ1v) is 16.8. The van der Waals surface area contributed by atoms with Gasteiger partial charge in [0.05, 0.1) is 28.9 Å². The van der Waals surface area contributed by atoms with Crippen molar-refractivity contribution in [2.24, 2.45) is 11.8 Å². The van der Waals surface area contributed by atoms with E-state index in [1.165, 1.54) is 0 Å². The normalized spacial score (nSPS) is 16.5. The Morgan fingerprint density at radius 3 is 2.36 bits per heavy atom. The minimum Gasteiger partial charge on any atom is -0.489 e. The first-order chi connectivity index (χ1) is 22.7. The summed E-state index contributed by atoms with van der Waals surface area (Å²) in [6.45, 7) is 4.75. The first kappa shape index (κ1) is 34.1. The number of nitrogens with one attached hydrogen (secondary N) is 1. The average molecular weight is 673 g/mol. The third-order valence-corrected chi connectivity index (χ3v) is 9.38. The quantitative estimate of drug-likeness (QED) is 0.147. The van der Waals surface area contributed by atoms with E-state index < -0.39 is 12.0 Å². The van der Waals surface area contributed by atoms with Crippen LogP contribution in [0, 0.1) is 23.7 Å². The summed E-state index contributed by atoms with van der Waals surface area (Å²) < 4.78 is 7.95. The number of hydrogen-bond acceptors (Lipinski definition) is 4. The van der Waals surface area contributed by atoms with Crippen LogP contribution in [-0.4, -0.2) is 26.5 Å². The third kappa shape index (κ3) is 8.97. The van der Waals surface area contributed by atoms with Crippen molar-refractivity contribution in [3.63, 3.8) is 0 Å². The van der Waals surface area contributed by atoms with Gasteiger partial charge in [0, 0.05) is 22.7 Å². The van der Waals surface area contributed by atoms with Crippen LogP contribution in [0.1, 0.15) is 79.3 Å². The average Bonchev–Trinajstić information content (AvgIpc) is 3.50. The zero-order valence-corrected chi connectivity index (χ0v) is 28.2. The van der Waals surface area contributed by atoms with Crippen LogP contribution in [0.15, 0.2) is 72.9 Å². The predicted molar refractivity (Wildman–Crippen MR) is 186 cm³/mol. The minimum atomic E-state index is -0.961. The van der Waals surface area contributed by atoms with Crippen molar-refractivity contribution in [2.45, 2.75) is 71.6 Å². The van der Waals surface area contributed by atoms with E-state index in [-0.39, 0.29) is 17.4 Å². The number of carbonyl (C=O) groups is 2. The van der Waals surface area contributed by atoms with Crippen LogP contribution in [0.3, 0.4) is 0 Å². The van der Waals surface area contributed by atoms with Crippen molar-refractivity contribution < 1.29 is 19.4 Å². The van der Waals surface area contributed by atoms with Gasteiger partial charge in [-0.2, -0.15) is 0 Å². The second-order valence-electron chi connectivity index (χ2n) is 12.0. The number of hydrogen-bond donors (Lipinski definition) is 2. The fourth-order valence-corrected chi connectivity index (χ4v) is 6.53. The monoisotopic (exact) mass is 671 g/mol. The molecule has 0 aliphatic heterocycles. The molecule has 0 bridgehead atoms. The number of nitrogens with zero attached hydrogens (tertiary/aromatic N) is 2. The number of amides is 1. The molecule has 47 heavy (non-hydrogen) atoms. The minimum absolute atomic E-state index is 0.0235. The third-order valence-electron chi connectivity index (χ3n) is 8.83. The van der Waals surface area contributed by atoms with Crippen molar-refractivity contribution in [2.75, 3.05) is 0 Å². The molecule has 1 saturated carbocycles. The van der Waals surface area contributed by atoms with E-state index >= 15 is 0 Å². The molecule has 4 aromatic rings. The molecule has 2 N–H and O–H groups in total. The number of imidazole rings is 1. The summed E-state index contributed by atoms with van der Waals surface area (Å²) in [5.74, 6) is 7.27. The maximum atomic E-state index is 13.7. The molecular formula is C38H39Cl2N3O4. The van der Waals surface area contributed by atoms with E-state index in [9.17, 15) is 9.59 Å². The second kappa shape index (κ2) is 16.0. The Labute approximate surface area is 286 Å². The Morgan fingerprint density at radius 2 is 1.72 bits per heavy atom. The molecule has 1 heterocycles. The molecule has 9 heteroatoms. The number of aromatic nitrogens is 2. The van der Waals surface area contributed by atoms with Gasteiger partial charge in [0.2, 0.25) is 5.91 Å². The molecule has 0 unspecified atom stereocenters. The van der Waals surface area contributed by atoms with Crippen LogP contribution in [0.25, 0.3) is 11.3 Å². The van der Waals surface area contributed by atoms with E-state index in [0.717, 1.165) is 48.8 Å². The van der Waals surface area contributed by atoms with Gasteiger partial charge >= 0.3 is 5.97 Å². The molecule has 244 valence electrons. The zero-order valence-electron chi connectivity index (χ0n) is 26.6. The molecule has 0 spiro atoms. The summed E-state index contributed by atoms with van der Waals surface area (Å²) in [6, 6.07) is 19.3. The van der Waals surface area contributed by atoms with Gasteiger partial charge in [0.1, 0.15) is 18.2 Å². The van der Waals surface area contributed by atoms with Gasteiger partial charge in [0.15, 0.2) is 0 Å². The van der Waals surface area contributed by atoms with Crippen LogP contribution in [0.5, 0.6) is 5.75 Å². The molecule has 0 saturated heterocycles. The number of benzene rings is 3. The summed E-state index contributed by atoms with van der Waals surface area (Å²) in [5.41, 5.74) is 3.54. The van der Waals surface area contributed by atoms with E-state index in [1.54, 1.807) is 43.3 Å². The van der Waals surface area contributed by atoms with Gasteiger partial charge in [-0.15, -0.1) is 5.92 Å². The molecule has 1 atom stereocenters. The van der Waals surface area contributed by atoms with Gasteiger partial charge in [-0.25, -0.2) is 9.78 Å². The van der Waals surface area contributed by atoms with E-state index in [2.05, 4.69) is 24.1 Å². The maximum Gasteiger partial charge on any atom is 0.335 e. The molecule has 0 radical (unpaired) electrons. The van der Waals surface area contributed by atoms with Crippen molar-refractivity contribution in [1.82, 2.24) is 14.9 Å². The fraction of sp³-hybridized carbons (Fsp3) is 0.342. The Morgan fingerprint density at radius 1 is 1.02 bits per heavy atom. The molecule has 3 aromatic carbocycles. The number of ether oxygens (including phenoxy) is 1. The molecular weight excluding hydrogens is 633 g/mol.